The van der Waals surface area contributed by atoms with Crippen molar-refractivity contribution in [2.45, 2.75) is 25.6 Å². The highest BCUT2D eigenvalue weighted by Crippen LogP contribution is 2.34. The van der Waals surface area contributed by atoms with Gasteiger partial charge in [-0.25, -0.2) is 9.59 Å². The van der Waals surface area contributed by atoms with E-state index >= 15 is 0 Å². The number of carbonyl (C=O) groups is 1. The number of anilines is 1. The van der Waals surface area contributed by atoms with Crippen LogP contribution in [-0.2, 0) is 6.18 Å². The van der Waals surface area contributed by atoms with Gasteiger partial charge in [-0.3, -0.25) is 0 Å². The van der Waals surface area contributed by atoms with E-state index in [1.54, 1.807) is 13.0 Å². The number of nitrogens with zero attached hydrogens (tertiary/aromatic N) is 1. The van der Waals surface area contributed by atoms with E-state index in [-0.39, 0.29) is 18.3 Å². The van der Waals surface area contributed by atoms with Crippen LogP contribution in [0.1, 0.15) is 17.7 Å². The van der Waals surface area contributed by atoms with E-state index < -0.39 is 23.4 Å². The molecule has 2 amide bonds. The first-order valence-electron chi connectivity index (χ1n) is 8.23. The predicted octanol–water partition coefficient (Wildman–Crippen LogP) is 3.65. The molecule has 1 aliphatic heterocycles. The summed E-state index contributed by atoms with van der Waals surface area (Å²) in [6, 6.07) is 6.92. The van der Waals surface area contributed by atoms with E-state index in [1.165, 1.54) is 29.2 Å². The van der Waals surface area contributed by atoms with Gasteiger partial charge in [0.15, 0.2) is 0 Å². The molecule has 6 nitrogen and oxygen atoms in total. The summed E-state index contributed by atoms with van der Waals surface area (Å²) in [4.78, 5) is 25.1. The number of carbonyl (C=O) groups excluding carboxylic acids is 1. The summed E-state index contributed by atoms with van der Waals surface area (Å²) >= 11 is 0. The molecule has 2 aromatic rings. The molecule has 0 aliphatic carbocycles. The Morgan fingerprint density at radius 2 is 2.04 bits per heavy atom. The predicted molar refractivity (Wildman–Crippen MR) is 90.8 cm³/mol. The number of ether oxygens (including phenoxy) is 1. The Labute approximate surface area is 152 Å². The summed E-state index contributed by atoms with van der Waals surface area (Å²) in [5.74, 6) is 0.729. The Morgan fingerprint density at radius 3 is 2.74 bits per heavy atom. The molecule has 1 aromatic heterocycles. The molecule has 2 heterocycles. The van der Waals surface area contributed by atoms with Gasteiger partial charge in [-0.05, 0) is 19.1 Å². The highest BCUT2D eigenvalue weighted by atomic mass is 19.4. The molecule has 0 radical (unpaired) electrons. The largest absolute Gasteiger partial charge is 0.488 e. The lowest BCUT2D eigenvalue weighted by molar-refractivity contribution is -0.136. The first kappa shape index (κ1) is 18.8. The second kappa shape index (κ2) is 7.34. The van der Waals surface area contributed by atoms with Gasteiger partial charge in [-0.2, -0.15) is 13.2 Å². The van der Waals surface area contributed by atoms with Crippen LogP contribution in [0.5, 0.6) is 5.75 Å². The average molecular weight is 382 g/mol. The maximum absolute atomic E-state index is 13.0. The molecule has 144 valence electrons. The van der Waals surface area contributed by atoms with Crippen molar-refractivity contribution < 1.29 is 27.1 Å². The quantitative estimate of drug-likeness (QED) is 0.880. The molecule has 1 N–H and O–H groups in total. The van der Waals surface area contributed by atoms with E-state index in [1.807, 2.05) is 0 Å². The average Bonchev–Trinajstić information content (AvgIpc) is 3.02. The highest BCUT2D eigenvalue weighted by molar-refractivity contribution is 5.90. The number of para-hydroxylation sites is 1. The summed E-state index contributed by atoms with van der Waals surface area (Å²) in [6.07, 6.45) is -4.43. The van der Waals surface area contributed by atoms with E-state index in [4.69, 9.17) is 9.15 Å². The molecule has 0 bridgehead atoms. The molecule has 0 spiro atoms. The van der Waals surface area contributed by atoms with E-state index in [0.29, 0.717) is 24.5 Å². The second-order valence-electron chi connectivity index (χ2n) is 6.17. The number of alkyl halides is 3. The molecule has 1 atom stereocenters. The zero-order chi connectivity index (χ0) is 19.6. The topological polar surface area (TPSA) is 71.8 Å². The van der Waals surface area contributed by atoms with Crippen LogP contribution < -0.4 is 15.7 Å². The van der Waals surface area contributed by atoms with Gasteiger partial charge in [0.1, 0.15) is 17.6 Å². The van der Waals surface area contributed by atoms with Crippen LogP contribution in [0.4, 0.5) is 23.7 Å². The highest BCUT2D eigenvalue weighted by Gasteiger charge is 2.34. The van der Waals surface area contributed by atoms with Gasteiger partial charge >= 0.3 is 17.8 Å². The molecule has 27 heavy (non-hydrogen) atoms. The second-order valence-corrected chi connectivity index (χ2v) is 6.17. The fourth-order valence-corrected chi connectivity index (χ4v) is 2.88. The van der Waals surface area contributed by atoms with Gasteiger partial charge < -0.3 is 19.4 Å². The monoisotopic (exact) mass is 382 g/mol. The normalized spacial score (nSPS) is 17.0. The Morgan fingerprint density at radius 1 is 1.30 bits per heavy atom. The number of urea groups is 1. The summed E-state index contributed by atoms with van der Waals surface area (Å²) in [5.41, 5.74) is -1.74. The minimum atomic E-state index is -4.56. The number of hydrogen-bond donors (Lipinski definition) is 1. The van der Waals surface area contributed by atoms with Crippen LogP contribution in [0.2, 0.25) is 0 Å². The van der Waals surface area contributed by atoms with E-state index in [2.05, 4.69) is 5.32 Å². The van der Waals surface area contributed by atoms with Gasteiger partial charge in [0.25, 0.3) is 0 Å². The number of rotatable bonds is 3. The molecule has 1 saturated heterocycles. The van der Waals surface area contributed by atoms with Gasteiger partial charge in [0.2, 0.25) is 0 Å². The molecular weight excluding hydrogens is 365 g/mol. The van der Waals surface area contributed by atoms with Gasteiger partial charge in [-0.15, -0.1) is 0 Å². The molecule has 1 aromatic carbocycles. The van der Waals surface area contributed by atoms with Crippen molar-refractivity contribution in [3.05, 3.63) is 58.1 Å². The van der Waals surface area contributed by atoms with Crippen molar-refractivity contribution in [2.75, 3.05) is 18.4 Å². The minimum Gasteiger partial charge on any atom is -0.488 e. The van der Waals surface area contributed by atoms with Gasteiger partial charge in [0, 0.05) is 19.0 Å². The summed E-state index contributed by atoms with van der Waals surface area (Å²) in [7, 11) is 0. The Kier molecular flexibility index (Phi) is 5.11. The van der Waals surface area contributed by atoms with Crippen LogP contribution in [0, 0.1) is 6.92 Å². The van der Waals surface area contributed by atoms with Crippen LogP contribution >= 0.6 is 0 Å². The molecule has 9 heteroatoms. The number of halogens is 3. The minimum absolute atomic E-state index is 0.194. The fourth-order valence-electron chi connectivity index (χ4n) is 2.88. The molecule has 1 aliphatic rings. The number of nitrogens with one attached hydrogen (secondary N) is 1. The number of amides is 2. The molecular formula is C18H17F3N2O4. The number of hydrogen-bond acceptors (Lipinski definition) is 4. The van der Waals surface area contributed by atoms with E-state index in [0.717, 1.165) is 6.07 Å². The maximum Gasteiger partial charge on any atom is 0.418 e. The fraction of sp³-hybridized carbons (Fsp3) is 0.333. The lowest BCUT2D eigenvalue weighted by atomic mass is 10.1. The van der Waals surface area contributed by atoms with Crippen LogP contribution in [-0.4, -0.2) is 30.1 Å². The van der Waals surface area contributed by atoms with Crippen LogP contribution in [0.25, 0.3) is 0 Å². The van der Waals surface area contributed by atoms with Gasteiger partial charge in [-0.1, -0.05) is 12.1 Å². The van der Waals surface area contributed by atoms with Crippen LogP contribution in [0.15, 0.2) is 45.6 Å². The van der Waals surface area contributed by atoms with Gasteiger partial charge in [0.05, 0.1) is 23.9 Å². The van der Waals surface area contributed by atoms with Crippen molar-refractivity contribution in [2.24, 2.45) is 0 Å². The van der Waals surface area contributed by atoms with Crippen molar-refractivity contribution in [3.63, 3.8) is 0 Å². The summed E-state index contributed by atoms with van der Waals surface area (Å²) in [6.45, 7) is 2.13. The first-order chi connectivity index (χ1) is 12.7. The third kappa shape index (κ3) is 4.60. The summed E-state index contributed by atoms with van der Waals surface area (Å²) in [5, 5.41) is 2.31. The smallest absolute Gasteiger partial charge is 0.418 e. The zero-order valence-electron chi connectivity index (χ0n) is 14.4. The molecule has 0 saturated carbocycles. The van der Waals surface area contributed by atoms with Crippen molar-refractivity contribution >= 4 is 11.7 Å². The third-order valence-electron chi connectivity index (χ3n) is 4.08. The van der Waals surface area contributed by atoms with Crippen molar-refractivity contribution in [1.29, 1.82) is 0 Å². The number of aryl methyl sites for hydroxylation is 1. The lowest BCUT2D eigenvalue weighted by Gasteiger charge is -2.20. The molecule has 1 unspecified atom stereocenters. The van der Waals surface area contributed by atoms with Crippen LogP contribution in [0.3, 0.4) is 0 Å². The van der Waals surface area contributed by atoms with Crippen molar-refractivity contribution in [1.82, 2.24) is 4.90 Å². The Bertz CT molecular complexity index is 895. The first-order valence-corrected chi connectivity index (χ1v) is 8.23. The molecule has 1 fully saturated rings. The molecule has 3 rings (SSSR count). The number of benzene rings is 1. The Balaban J connectivity index is 1.64. The Hall–Kier alpha value is -2.97. The lowest BCUT2D eigenvalue weighted by Crippen LogP contribution is -2.35. The standard InChI is InChI=1S/C18H17F3N2O4/c1-11-8-13(9-16(24)26-11)27-12-6-7-23(10-12)17(25)22-15-5-3-2-4-14(15)18(19,20)21/h2-5,8-9,12H,6-7,10H2,1H3,(H,22,25). The zero-order valence-corrected chi connectivity index (χ0v) is 14.4. The summed E-state index contributed by atoms with van der Waals surface area (Å²) < 4.78 is 49.6. The SMILES string of the molecule is Cc1cc(OC2CCN(C(=O)Nc3ccccc3C(F)(F)F)C2)cc(=O)o1. The van der Waals surface area contributed by atoms with E-state index in [9.17, 15) is 22.8 Å². The maximum atomic E-state index is 13.0. The van der Waals surface area contributed by atoms with Crippen molar-refractivity contribution in [3.8, 4) is 5.75 Å². The third-order valence-corrected chi connectivity index (χ3v) is 4.08. The number of likely N-dealkylation sites (tertiary alicyclic amines) is 1.